The molecule has 0 radical (unpaired) electrons. The molecule has 1 aromatic carbocycles. The summed E-state index contributed by atoms with van der Waals surface area (Å²) in [5.74, 6) is 0.716. The fourth-order valence-corrected chi connectivity index (χ4v) is 4.20. The first-order valence-electron chi connectivity index (χ1n) is 9.62. The summed E-state index contributed by atoms with van der Waals surface area (Å²) >= 11 is 6.34. The molecule has 1 saturated heterocycles. The molecule has 3 aromatic rings. The molecule has 3 heterocycles. The van der Waals surface area contributed by atoms with Crippen molar-refractivity contribution < 1.29 is 9.32 Å². The number of benzene rings is 1. The summed E-state index contributed by atoms with van der Waals surface area (Å²) in [5.41, 5.74) is 4.07. The van der Waals surface area contributed by atoms with E-state index < -0.39 is 0 Å². The summed E-state index contributed by atoms with van der Waals surface area (Å²) < 4.78 is 5.38. The SMILES string of the molecule is CCc1cn[nH]c1[C@H]1CCCN(C(=O)c2c(-c3ccccc3Cl)noc2C)C1. The zero-order chi connectivity index (χ0) is 19.7. The lowest BCUT2D eigenvalue weighted by Crippen LogP contribution is -2.39. The Morgan fingerprint density at radius 1 is 1.39 bits per heavy atom. The van der Waals surface area contributed by atoms with Crippen LogP contribution in [0.4, 0.5) is 0 Å². The first-order chi connectivity index (χ1) is 13.6. The number of aryl methyl sites for hydroxylation is 2. The second-order valence-corrected chi connectivity index (χ2v) is 7.60. The summed E-state index contributed by atoms with van der Waals surface area (Å²) in [5, 5.41) is 12.0. The van der Waals surface area contributed by atoms with Crippen molar-refractivity contribution in [1.82, 2.24) is 20.3 Å². The molecule has 1 fully saturated rings. The van der Waals surface area contributed by atoms with Crippen LogP contribution in [0.5, 0.6) is 0 Å². The van der Waals surface area contributed by atoms with Crippen molar-refractivity contribution in [3.63, 3.8) is 0 Å². The molecule has 1 atom stereocenters. The monoisotopic (exact) mass is 398 g/mol. The van der Waals surface area contributed by atoms with E-state index in [0.717, 1.165) is 31.5 Å². The van der Waals surface area contributed by atoms with Gasteiger partial charge in [-0.15, -0.1) is 0 Å². The largest absolute Gasteiger partial charge is 0.360 e. The van der Waals surface area contributed by atoms with Crippen LogP contribution >= 0.6 is 11.6 Å². The standard InChI is InChI=1S/C21H23ClN4O2/c1-3-14-11-23-24-19(14)15-7-6-10-26(12-15)21(27)18-13(2)28-25-20(18)16-8-4-5-9-17(16)22/h4-5,8-9,11,15H,3,6-7,10,12H2,1-2H3,(H,23,24)/t15-/m0/s1. The molecule has 4 rings (SSSR count). The number of aromatic nitrogens is 3. The molecular formula is C21H23ClN4O2. The number of aromatic amines is 1. The number of rotatable bonds is 4. The first kappa shape index (κ1) is 18.7. The number of likely N-dealkylation sites (tertiary alicyclic amines) is 1. The molecule has 7 heteroatoms. The lowest BCUT2D eigenvalue weighted by molar-refractivity contribution is 0.0704. The molecule has 2 aromatic heterocycles. The highest BCUT2D eigenvalue weighted by molar-refractivity contribution is 6.33. The fraction of sp³-hybridized carbons (Fsp3) is 0.381. The van der Waals surface area contributed by atoms with Gasteiger partial charge in [0.1, 0.15) is 17.0 Å². The van der Waals surface area contributed by atoms with Gasteiger partial charge in [0.2, 0.25) is 0 Å². The second kappa shape index (κ2) is 7.80. The summed E-state index contributed by atoms with van der Waals surface area (Å²) in [4.78, 5) is 15.3. The average molecular weight is 399 g/mol. The van der Waals surface area contributed by atoms with E-state index in [-0.39, 0.29) is 11.8 Å². The van der Waals surface area contributed by atoms with Crippen LogP contribution in [0.3, 0.4) is 0 Å². The van der Waals surface area contributed by atoms with Crippen LogP contribution in [-0.2, 0) is 6.42 Å². The third-order valence-electron chi connectivity index (χ3n) is 5.45. The molecule has 146 valence electrons. The molecule has 1 amide bonds. The predicted molar refractivity (Wildman–Crippen MR) is 108 cm³/mol. The number of nitrogens with zero attached hydrogens (tertiary/aromatic N) is 3. The summed E-state index contributed by atoms with van der Waals surface area (Å²) in [6, 6.07) is 7.37. The van der Waals surface area contributed by atoms with Gasteiger partial charge in [-0.05, 0) is 37.8 Å². The zero-order valence-corrected chi connectivity index (χ0v) is 16.8. The van der Waals surface area contributed by atoms with Gasteiger partial charge in [0.15, 0.2) is 0 Å². The molecule has 1 aliphatic rings. The average Bonchev–Trinajstić information content (AvgIpc) is 3.34. The Kier molecular flexibility index (Phi) is 5.22. The van der Waals surface area contributed by atoms with Gasteiger partial charge in [0.05, 0.1) is 11.2 Å². The third-order valence-corrected chi connectivity index (χ3v) is 5.78. The topological polar surface area (TPSA) is 75.0 Å². The lowest BCUT2D eigenvalue weighted by atomic mass is 9.91. The number of hydrogen-bond donors (Lipinski definition) is 1. The maximum atomic E-state index is 13.4. The van der Waals surface area contributed by atoms with Gasteiger partial charge in [-0.2, -0.15) is 5.10 Å². The second-order valence-electron chi connectivity index (χ2n) is 7.20. The molecule has 0 bridgehead atoms. The number of carbonyl (C=O) groups is 1. The van der Waals surface area contributed by atoms with Crippen LogP contribution in [0, 0.1) is 6.92 Å². The van der Waals surface area contributed by atoms with E-state index in [9.17, 15) is 4.79 Å². The van der Waals surface area contributed by atoms with Crippen molar-refractivity contribution >= 4 is 17.5 Å². The van der Waals surface area contributed by atoms with E-state index in [0.29, 0.717) is 34.1 Å². The minimum absolute atomic E-state index is 0.0593. The summed E-state index contributed by atoms with van der Waals surface area (Å²) in [7, 11) is 0. The van der Waals surface area contributed by atoms with Crippen LogP contribution in [0.1, 0.15) is 53.1 Å². The highest BCUT2D eigenvalue weighted by atomic mass is 35.5. The minimum atomic E-state index is -0.0593. The number of H-pyrrole nitrogens is 1. The van der Waals surface area contributed by atoms with Crippen LogP contribution in [-0.4, -0.2) is 39.3 Å². The Labute approximate surface area is 168 Å². The number of halogens is 1. The first-order valence-corrected chi connectivity index (χ1v) is 10.0. The molecule has 1 aliphatic heterocycles. The Balaban J connectivity index is 1.63. The molecule has 28 heavy (non-hydrogen) atoms. The number of amides is 1. The van der Waals surface area contributed by atoms with Gasteiger partial charge in [-0.1, -0.05) is 41.9 Å². The Hall–Kier alpha value is -2.60. The maximum absolute atomic E-state index is 13.4. The molecule has 6 nitrogen and oxygen atoms in total. The van der Waals surface area contributed by atoms with Crippen molar-refractivity contribution in [1.29, 1.82) is 0 Å². The van der Waals surface area contributed by atoms with E-state index in [2.05, 4.69) is 22.3 Å². The molecule has 0 unspecified atom stereocenters. The molecular weight excluding hydrogens is 376 g/mol. The normalized spacial score (nSPS) is 17.1. The van der Waals surface area contributed by atoms with E-state index >= 15 is 0 Å². The van der Waals surface area contributed by atoms with Crippen LogP contribution < -0.4 is 0 Å². The lowest BCUT2D eigenvalue weighted by Gasteiger charge is -2.32. The number of nitrogens with one attached hydrogen (secondary N) is 1. The number of carbonyl (C=O) groups excluding carboxylic acids is 1. The molecule has 0 spiro atoms. The Morgan fingerprint density at radius 2 is 2.21 bits per heavy atom. The fourth-order valence-electron chi connectivity index (χ4n) is 3.97. The number of hydrogen-bond acceptors (Lipinski definition) is 4. The van der Waals surface area contributed by atoms with E-state index in [4.69, 9.17) is 16.1 Å². The van der Waals surface area contributed by atoms with Crippen LogP contribution in [0.15, 0.2) is 35.0 Å². The molecule has 0 aliphatic carbocycles. The van der Waals surface area contributed by atoms with Crippen molar-refractivity contribution in [3.8, 4) is 11.3 Å². The van der Waals surface area contributed by atoms with Crippen LogP contribution in [0.2, 0.25) is 5.02 Å². The molecule has 0 saturated carbocycles. The smallest absolute Gasteiger partial charge is 0.259 e. The van der Waals surface area contributed by atoms with Gasteiger partial charge >= 0.3 is 0 Å². The van der Waals surface area contributed by atoms with Gasteiger partial charge in [0.25, 0.3) is 5.91 Å². The van der Waals surface area contributed by atoms with E-state index in [1.165, 1.54) is 5.56 Å². The van der Waals surface area contributed by atoms with Crippen molar-refractivity contribution in [2.24, 2.45) is 0 Å². The van der Waals surface area contributed by atoms with E-state index in [1.807, 2.05) is 29.3 Å². The van der Waals surface area contributed by atoms with Gasteiger partial charge in [0, 0.05) is 30.3 Å². The van der Waals surface area contributed by atoms with E-state index in [1.54, 1.807) is 13.0 Å². The van der Waals surface area contributed by atoms with Gasteiger partial charge < -0.3 is 9.42 Å². The van der Waals surface area contributed by atoms with Crippen molar-refractivity contribution in [2.45, 2.75) is 39.0 Å². The third kappa shape index (κ3) is 3.33. The highest BCUT2D eigenvalue weighted by Crippen LogP contribution is 2.34. The Morgan fingerprint density at radius 3 is 3.00 bits per heavy atom. The zero-order valence-electron chi connectivity index (χ0n) is 16.0. The van der Waals surface area contributed by atoms with Crippen LogP contribution in [0.25, 0.3) is 11.3 Å². The summed E-state index contributed by atoms with van der Waals surface area (Å²) in [6.45, 7) is 5.26. The Bertz CT molecular complexity index is 994. The van der Waals surface area contributed by atoms with Gasteiger partial charge in [-0.3, -0.25) is 9.89 Å². The summed E-state index contributed by atoms with van der Waals surface area (Å²) in [6.07, 6.45) is 4.80. The quantitative estimate of drug-likeness (QED) is 0.696. The molecule has 1 N–H and O–H groups in total. The maximum Gasteiger partial charge on any atom is 0.259 e. The van der Waals surface area contributed by atoms with Crippen molar-refractivity contribution in [3.05, 3.63) is 58.1 Å². The van der Waals surface area contributed by atoms with Crippen molar-refractivity contribution in [2.75, 3.05) is 13.1 Å². The minimum Gasteiger partial charge on any atom is -0.360 e. The van der Waals surface area contributed by atoms with Gasteiger partial charge in [-0.25, -0.2) is 0 Å². The number of piperidine rings is 1. The predicted octanol–water partition coefficient (Wildman–Crippen LogP) is 4.61. The highest BCUT2D eigenvalue weighted by Gasteiger charge is 2.31.